The Labute approximate surface area is 184 Å². The molecule has 0 saturated heterocycles. The average Bonchev–Trinajstić information content (AvgIpc) is 2.72. The van der Waals surface area contributed by atoms with Crippen LogP contribution in [0.5, 0.6) is 11.5 Å². The number of hydrogen-bond acceptors (Lipinski definition) is 4. The van der Waals surface area contributed by atoms with Gasteiger partial charge in [-0.25, -0.2) is 0 Å². The largest absolute Gasteiger partial charge is 0.490 e. The lowest BCUT2D eigenvalue weighted by atomic mass is 10.2. The van der Waals surface area contributed by atoms with Gasteiger partial charge < -0.3 is 14.8 Å². The van der Waals surface area contributed by atoms with Gasteiger partial charge in [0.2, 0.25) is 0 Å². The Kier molecular flexibility index (Phi) is 7.63. The molecule has 0 heterocycles. The number of hydrogen-bond donors (Lipinski definition) is 1. The predicted octanol–water partition coefficient (Wildman–Crippen LogP) is 5.92. The van der Waals surface area contributed by atoms with Gasteiger partial charge in [0.25, 0.3) is 5.91 Å². The number of aliphatic imine (C=N–C) groups is 1. The Hall–Kier alpha value is -3.12. The van der Waals surface area contributed by atoms with Crippen LogP contribution in [-0.2, 0) is 4.79 Å². The van der Waals surface area contributed by atoms with Crippen LogP contribution in [0.15, 0.2) is 76.2 Å². The number of aryl methyl sites for hydroxylation is 1. The molecule has 0 saturated carbocycles. The molecule has 0 radical (unpaired) electrons. The molecule has 0 aliphatic heterocycles. The molecule has 3 aromatic rings. The molecule has 6 heteroatoms. The Bertz CT molecular complexity index is 1040. The molecule has 0 aromatic heterocycles. The second kappa shape index (κ2) is 10.6. The molecule has 5 nitrogen and oxygen atoms in total. The van der Waals surface area contributed by atoms with E-state index in [0.29, 0.717) is 22.6 Å². The van der Waals surface area contributed by atoms with E-state index in [1.807, 2.05) is 80.6 Å². The third kappa shape index (κ3) is 6.19. The van der Waals surface area contributed by atoms with E-state index in [2.05, 4.69) is 26.2 Å². The van der Waals surface area contributed by atoms with E-state index in [4.69, 9.17) is 9.47 Å². The van der Waals surface area contributed by atoms with Crippen LogP contribution in [-0.4, -0.2) is 25.3 Å². The van der Waals surface area contributed by atoms with Crippen molar-refractivity contribution in [3.63, 3.8) is 0 Å². The van der Waals surface area contributed by atoms with Crippen molar-refractivity contribution in [3.8, 4) is 11.5 Å². The number of anilines is 1. The Morgan fingerprint density at radius 3 is 2.60 bits per heavy atom. The van der Waals surface area contributed by atoms with Gasteiger partial charge in [0.1, 0.15) is 0 Å². The minimum atomic E-state index is -0.246. The zero-order valence-electron chi connectivity index (χ0n) is 16.9. The summed E-state index contributed by atoms with van der Waals surface area (Å²) < 4.78 is 12.2. The van der Waals surface area contributed by atoms with Crippen LogP contribution >= 0.6 is 15.9 Å². The van der Waals surface area contributed by atoms with Crippen molar-refractivity contribution in [2.24, 2.45) is 4.99 Å². The van der Waals surface area contributed by atoms with Crippen LogP contribution in [0.4, 0.5) is 11.4 Å². The first-order chi connectivity index (χ1) is 14.5. The zero-order chi connectivity index (χ0) is 21.3. The molecule has 0 unspecified atom stereocenters. The summed E-state index contributed by atoms with van der Waals surface area (Å²) in [4.78, 5) is 16.8. The fourth-order valence-electron chi connectivity index (χ4n) is 2.79. The van der Waals surface area contributed by atoms with E-state index in [-0.39, 0.29) is 12.5 Å². The van der Waals surface area contributed by atoms with E-state index >= 15 is 0 Å². The molecule has 0 bridgehead atoms. The second-order valence-electron chi connectivity index (χ2n) is 6.56. The van der Waals surface area contributed by atoms with Crippen molar-refractivity contribution >= 4 is 39.4 Å². The van der Waals surface area contributed by atoms with Crippen molar-refractivity contribution in [2.45, 2.75) is 13.8 Å². The van der Waals surface area contributed by atoms with Crippen molar-refractivity contribution in [2.75, 3.05) is 18.5 Å². The van der Waals surface area contributed by atoms with Gasteiger partial charge in [0, 0.05) is 11.9 Å². The van der Waals surface area contributed by atoms with E-state index in [1.54, 1.807) is 6.21 Å². The van der Waals surface area contributed by atoms with Gasteiger partial charge >= 0.3 is 0 Å². The maximum atomic E-state index is 12.3. The minimum absolute atomic E-state index is 0.135. The summed E-state index contributed by atoms with van der Waals surface area (Å²) in [7, 11) is 0. The number of benzene rings is 3. The molecular weight excluding hydrogens is 444 g/mol. The van der Waals surface area contributed by atoms with Gasteiger partial charge in [0.05, 0.1) is 16.8 Å². The summed E-state index contributed by atoms with van der Waals surface area (Å²) in [6, 6.07) is 21.0. The van der Waals surface area contributed by atoms with E-state index < -0.39 is 0 Å². The SMILES string of the molecule is CCOc1cc(C=Nc2ccccc2)cc(Br)c1OCC(=O)Nc1cccc(C)c1. The molecule has 0 aliphatic carbocycles. The summed E-state index contributed by atoms with van der Waals surface area (Å²) in [6.07, 6.45) is 1.76. The highest BCUT2D eigenvalue weighted by Crippen LogP contribution is 2.36. The number of carbonyl (C=O) groups excluding carboxylic acids is 1. The van der Waals surface area contributed by atoms with Gasteiger partial charge in [-0.3, -0.25) is 9.79 Å². The molecule has 1 amide bonds. The Morgan fingerprint density at radius 2 is 1.87 bits per heavy atom. The molecule has 0 spiro atoms. The van der Waals surface area contributed by atoms with Crippen LogP contribution in [0, 0.1) is 6.92 Å². The number of nitrogens with one attached hydrogen (secondary N) is 1. The molecule has 0 atom stereocenters. The van der Waals surface area contributed by atoms with Gasteiger partial charge in [-0.1, -0.05) is 30.3 Å². The summed E-state index contributed by atoms with van der Waals surface area (Å²) in [6.45, 7) is 4.20. The molecule has 0 fully saturated rings. The van der Waals surface area contributed by atoms with Crippen LogP contribution in [0.2, 0.25) is 0 Å². The third-order valence-electron chi connectivity index (χ3n) is 4.10. The van der Waals surface area contributed by atoms with Crippen molar-refractivity contribution < 1.29 is 14.3 Å². The maximum Gasteiger partial charge on any atom is 0.262 e. The quantitative estimate of drug-likeness (QED) is 0.418. The average molecular weight is 467 g/mol. The number of nitrogens with zero attached hydrogens (tertiary/aromatic N) is 1. The lowest BCUT2D eigenvalue weighted by Gasteiger charge is -2.14. The number of para-hydroxylation sites is 1. The van der Waals surface area contributed by atoms with E-state index in [1.165, 1.54) is 0 Å². The Morgan fingerprint density at radius 1 is 1.07 bits per heavy atom. The molecule has 0 aliphatic rings. The molecule has 30 heavy (non-hydrogen) atoms. The fraction of sp³-hybridized carbons (Fsp3) is 0.167. The van der Waals surface area contributed by atoms with Gasteiger partial charge in [-0.2, -0.15) is 0 Å². The first kappa shape index (κ1) is 21.6. The second-order valence-corrected chi connectivity index (χ2v) is 7.42. The Balaban J connectivity index is 1.72. The van der Waals surface area contributed by atoms with Gasteiger partial charge in [-0.15, -0.1) is 0 Å². The highest BCUT2D eigenvalue weighted by molar-refractivity contribution is 9.10. The number of amides is 1. The summed E-state index contributed by atoms with van der Waals surface area (Å²) >= 11 is 3.52. The van der Waals surface area contributed by atoms with Gasteiger partial charge in [0.15, 0.2) is 18.1 Å². The van der Waals surface area contributed by atoms with Crippen molar-refractivity contribution in [1.82, 2.24) is 0 Å². The summed E-state index contributed by atoms with van der Waals surface area (Å²) in [5.41, 5.74) is 3.52. The lowest BCUT2D eigenvalue weighted by Crippen LogP contribution is -2.20. The molecule has 3 rings (SSSR count). The topological polar surface area (TPSA) is 59.9 Å². The van der Waals surface area contributed by atoms with Crippen LogP contribution < -0.4 is 14.8 Å². The smallest absolute Gasteiger partial charge is 0.262 e. The molecular formula is C24H23BrN2O3. The first-order valence-electron chi connectivity index (χ1n) is 9.60. The normalized spacial score (nSPS) is 10.8. The highest BCUT2D eigenvalue weighted by atomic mass is 79.9. The van der Waals surface area contributed by atoms with Gasteiger partial charge in [-0.05, 0) is 77.3 Å². The molecule has 1 N–H and O–H groups in total. The van der Waals surface area contributed by atoms with Crippen LogP contribution in [0.3, 0.4) is 0 Å². The molecule has 3 aromatic carbocycles. The van der Waals surface area contributed by atoms with E-state index in [0.717, 1.165) is 22.5 Å². The van der Waals surface area contributed by atoms with Crippen molar-refractivity contribution in [3.05, 3.63) is 82.3 Å². The fourth-order valence-corrected chi connectivity index (χ4v) is 3.36. The monoisotopic (exact) mass is 466 g/mol. The standard InChI is InChI=1S/C24H23BrN2O3/c1-3-29-22-14-18(15-26-19-9-5-4-6-10-19)13-21(25)24(22)30-16-23(28)27-20-11-7-8-17(2)12-20/h4-15H,3,16H2,1-2H3,(H,27,28). The zero-order valence-corrected chi connectivity index (χ0v) is 18.5. The van der Waals surface area contributed by atoms with Crippen molar-refractivity contribution in [1.29, 1.82) is 0 Å². The number of ether oxygens (including phenoxy) is 2. The summed E-state index contributed by atoms with van der Waals surface area (Å²) in [5, 5.41) is 2.83. The highest BCUT2D eigenvalue weighted by Gasteiger charge is 2.14. The van der Waals surface area contributed by atoms with E-state index in [9.17, 15) is 4.79 Å². The number of carbonyl (C=O) groups is 1. The lowest BCUT2D eigenvalue weighted by molar-refractivity contribution is -0.118. The summed E-state index contributed by atoms with van der Waals surface area (Å²) in [5.74, 6) is 0.780. The van der Waals surface area contributed by atoms with Crippen LogP contribution in [0.1, 0.15) is 18.1 Å². The predicted molar refractivity (Wildman–Crippen MR) is 124 cm³/mol. The van der Waals surface area contributed by atoms with Crippen LogP contribution in [0.25, 0.3) is 0 Å². The maximum absolute atomic E-state index is 12.3. The number of rotatable bonds is 8. The number of halogens is 1. The first-order valence-corrected chi connectivity index (χ1v) is 10.4. The third-order valence-corrected chi connectivity index (χ3v) is 4.69. The molecule has 154 valence electrons. The minimum Gasteiger partial charge on any atom is -0.490 e.